The Labute approximate surface area is 165 Å². The zero-order valence-corrected chi connectivity index (χ0v) is 16.6. The van der Waals surface area contributed by atoms with Gasteiger partial charge in [-0.25, -0.2) is 4.98 Å². The Hall–Kier alpha value is -1.92. The van der Waals surface area contributed by atoms with Gasteiger partial charge in [0, 0.05) is 11.3 Å². The third kappa shape index (κ3) is 2.95. The topological polar surface area (TPSA) is 52.0 Å². The quantitative estimate of drug-likeness (QED) is 0.610. The monoisotopic (exact) mass is 396 g/mol. The van der Waals surface area contributed by atoms with Gasteiger partial charge in [0.1, 0.15) is 10.6 Å². The lowest BCUT2D eigenvalue weighted by molar-refractivity contribution is -0.119. The van der Waals surface area contributed by atoms with Crippen molar-refractivity contribution < 1.29 is 4.79 Å². The number of ketones is 1. The van der Waals surface area contributed by atoms with Crippen molar-refractivity contribution in [1.82, 2.24) is 9.55 Å². The van der Waals surface area contributed by atoms with E-state index in [1.165, 1.54) is 22.2 Å². The van der Waals surface area contributed by atoms with E-state index in [2.05, 4.69) is 0 Å². The fourth-order valence-corrected chi connectivity index (χ4v) is 6.65. The van der Waals surface area contributed by atoms with Crippen molar-refractivity contribution >= 4 is 39.1 Å². The lowest BCUT2D eigenvalue weighted by Gasteiger charge is -2.21. The molecule has 0 N–H and O–H groups in total. The molecule has 0 radical (unpaired) electrons. The number of para-hydroxylation sites is 1. The van der Waals surface area contributed by atoms with Crippen molar-refractivity contribution in [3.63, 3.8) is 0 Å². The summed E-state index contributed by atoms with van der Waals surface area (Å²) in [7, 11) is 0. The second kappa shape index (κ2) is 6.91. The lowest BCUT2D eigenvalue weighted by atomic mass is 9.99. The van der Waals surface area contributed by atoms with Gasteiger partial charge in [-0.05, 0) is 49.8 Å². The molecule has 1 fully saturated rings. The molecule has 2 aliphatic rings. The first-order chi connectivity index (χ1) is 13.2. The van der Waals surface area contributed by atoms with Crippen LogP contribution < -0.4 is 5.56 Å². The Morgan fingerprint density at radius 3 is 2.70 bits per heavy atom. The summed E-state index contributed by atoms with van der Waals surface area (Å²) >= 11 is 3.13. The van der Waals surface area contributed by atoms with Crippen molar-refractivity contribution in [2.45, 2.75) is 55.4 Å². The van der Waals surface area contributed by atoms with Crippen molar-refractivity contribution in [2.75, 3.05) is 0 Å². The van der Waals surface area contributed by atoms with E-state index in [9.17, 15) is 9.59 Å². The number of thiophene rings is 1. The molecule has 1 saturated carbocycles. The van der Waals surface area contributed by atoms with Crippen LogP contribution in [0.3, 0.4) is 0 Å². The summed E-state index contributed by atoms with van der Waals surface area (Å²) in [4.78, 5) is 32.9. The zero-order chi connectivity index (χ0) is 18.4. The fraction of sp³-hybridized carbons (Fsp3) is 0.381. The highest BCUT2D eigenvalue weighted by atomic mass is 32.2. The summed E-state index contributed by atoms with van der Waals surface area (Å²) in [6.45, 7) is 0. The summed E-state index contributed by atoms with van der Waals surface area (Å²) in [5.74, 6) is 0.286. The molecule has 1 aromatic carbocycles. The van der Waals surface area contributed by atoms with Gasteiger partial charge in [-0.2, -0.15) is 0 Å². The maximum absolute atomic E-state index is 13.5. The zero-order valence-electron chi connectivity index (χ0n) is 14.9. The number of benzene rings is 1. The molecule has 0 saturated heterocycles. The van der Waals surface area contributed by atoms with E-state index >= 15 is 0 Å². The fourth-order valence-electron chi connectivity index (χ4n) is 4.11. The Morgan fingerprint density at radius 1 is 1.04 bits per heavy atom. The second-order valence-corrected chi connectivity index (χ2v) is 9.48. The van der Waals surface area contributed by atoms with E-state index in [-0.39, 0.29) is 16.6 Å². The molecule has 4 nitrogen and oxygen atoms in total. The molecule has 1 atom stereocenters. The van der Waals surface area contributed by atoms with Gasteiger partial charge in [-0.3, -0.25) is 14.2 Å². The van der Waals surface area contributed by atoms with Crippen LogP contribution in [-0.2, 0) is 17.6 Å². The molecule has 138 valence electrons. The predicted octanol–water partition coefficient (Wildman–Crippen LogP) is 4.54. The lowest BCUT2D eigenvalue weighted by Crippen LogP contribution is -2.26. The van der Waals surface area contributed by atoms with Gasteiger partial charge < -0.3 is 0 Å². The number of carbonyl (C=O) groups is 1. The number of nitrogens with zero attached hydrogens (tertiary/aromatic N) is 2. The summed E-state index contributed by atoms with van der Waals surface area (Å²) < 4.78 is 1.72. The first kappa shape index (κ1) is 17.2. The highest BCUT2D eigenvalue weighted by molar-refractivity contribution is 8.00. The third-order valence-electron chi connectivity index (χ3n) is 5.47. The van der Waals surface area contributed by atoms with Gasteiger partial charge in [0.05, 0.1) is 16.3 Å². The third-order valence-corrected chi connectivity index (χ3v) is 7.92. The van der Waals surface area contributed by atoms with Crippen molar-refractivity contribution in [2.24, 2.45) is 0 Å². The molecule has 5 rings (SSSR count). The molecule has 2 aromatic heterocycles. The molecule has 2 aliphatic carbocycles. The van der Waals surface area contributed by atoms with E-state index in [1.54, 1.807) is 15.9 Å². The Balaban J connectivity index is 1.71. The van der Waals surface area contributed by atoms with Crippen LogP contribution in [0.5, 0.6) is 0 Å². The van der Waals surface area contributed by atoms with Gasteiger partial charge in [0.2, 0.25) is 0 Å². The molecule has 0 amide bonds. The maximum Gasteiger partial charge on any atom is 0.267 e. The maximum atomic E-state index is 13.5. The van der Waals surface area contributed by atoms with Gasteiger partial charge in [0.25, 0.3) is 5.56 Å². The van der Waals surface area contributed by atoms with Crippen LogP contribution in [-0.4, -0.2) is 20.6 Å². The van der Waals surface area contributed by atoms with Crippen LogP contribution >= 0.6 is 23.1 Å². The van der Waals surface area contributed by atoms with Crippen molar-refractivity contribution in [3.8, 4) is 5.69 Å². The van der Waals surface area contributed by atoms with Crippen LogP contribution in [0.15, 0.2) is 40.3 Å². The Morgan fingerprint density at radius 2 is 1.89 bits per heavy atom. The van der Waals surface area contributed by atoms with E-state index in [0.29, 0.717) is 11.6 Å². The molecule has 2 heterocycles. The van der Waals surface area contributed by atoms with Crippen LogP contribution in [0.2, 0.25) is 0 Å². The average molecular weight is 397 g/mol. The van der Waals surface area contributed by atoms with Crippen LogP contribution in [0, 0.1) is 0 Å². The van der Waals surface area contributed by atoms with Gasteiger partial charge in [0.15, 0.2) is 5.16 Å². The highest BCUT2D eigenvalue weighted by Gasteiger charge is 2.28. The number of carbonyl (C=O) groups excluding carboxylic acids is 1. The molecule has 3 aromatic rings. The molecular formula is C21H20N2O2S2. The van der Waals surface area contributed by atoms with E-state index < -0.39 is 0 Å². The minimum Gasteiger partial charge on any atom is -0.298 e. The molecular weight excluding hydrogens is 376 g/mol. The molecule has 6 heteroatoms. The average Bonchev–Trinajstić information content (AvgIpc) is 3.25. The number of aryl methyl sites for hydroxylation is 2. The molecule has 0 aliphatic heterocycles. The largest absolute Gasteiger partial charge is 0.298 e. The van der Waals surface area contributed by atoms with E-state index in [4.69, 9.17) is 4.98 Å². The standard InChI is InChI=1S/C21H20N2O2S2/c24-15-10-4-5-11-17(15)27-21-22-19-18(14-9-6-12-16(14)26-19)20(25)23(21)13-7-2-1-3-8-13/h1-3,7-8,17H,4-6,9-12H2/t17-/m0/s1. The highest BCUT2D eigenvalue weighted by Crippen LogP contribution is 2.37. The van der Waals surface area contributed by atoms with Crippen LogP contribution in [0.4, 0.5) is 0 Å². The number of rotatable bonds is 3. The number of fused-ring (bicyclic) bond motifs is 3. The van der Waals surface area contributed by atoms with Crippen molar-refractivity contribution in [3.05, 3.63) is 51.1 Å². The molecule has 0 bridgehead atoms. The molecule has 27 heavy (non-hydrogen) atoms. The van der Waals surface area contributed by atoms with Gasteiger partial charge in [-0.15, -0.1) is 11.3 Å². The number of aromatic nitrogens is 2. The minimum atomic E-state index is -0.0927. The molecule has 0 unspecified atom stereocenters. The predicted molar refractivity (Wildman–Crippen MR) is 110 cm³/mol. The Kier molecular flexibility index (Phi) is 4.40. The summed E-state index contributed by atoms with van der Waals surface area (Å²) in [6.07, 6.45) is 6.68. The number of Topliss-reactive ketones (excluding diaryl/α,β-unsaturated/α-hetero) is 1. The minimum absolute atomic E-state index is 0.0105. The smallest absolute Gasteiger partial charge is 0.267 e. The SMILES string of the molecule is O=C1CCCC[C@@H]1Sc1nc2sc3c(c2c(=O)n1-c1ccccc1)CCC3. The number of thioether (sulfide) groups is 1. The first-order valence-electron chi connectivity index (χ1n) is 9.54. The number of hydrogen-bond donors (Lipinski definition) is 0. The first-order valence-corrected chi connectivity index (χ1v) is 11.2. The summed E-state index contributed by atoms with van der Waals surface area (Å²) in [5, 5.41) is 1.35. The summed E-state index contributed by atoms with van der Waals surface area (Å²) in [5.41, 5.74) is 2.03. The van der Waals surface area contributed by atoms with Crippen LogP contribution in [0.25, 0.3) is 15.9 Å². The molecule has 0 spiro atoms. The van der Waals surface area contributed by atoms with Crippen molar-refractivity contribution in [1.29, 1.82) is 0 Å². The van der Waals surface area contributed by atoms with Gasteiger partial charge in [-0.1, -0.05) is 36.4 Å². The van der Waals surface area contributed by atoms with E-state index in [0.717, 1.165) is 54.4 Å². The van der Waals surface area contributed by atoms with Crippen LogP contribution in [0.1, 0.15) is 42.5 Å². The summed E-state index contributed by atoms with van der Waals surface area (Å²) in [6, 6.07) is 9.69. The van der Waals surface area contributed by atoms with Gasteiger partial charge >= 0.3 is 0 Å². The second-order valence-electron chi connectivity index (χ2n) is 7.23. The van der Waals surface area contributed by atoms with E-state index in [1.807, 2.05) is 30.3 Å². The number of hydrogen-bond acceptors (Lipinski definition) is 5. The normalized spacial score (nSPS) is 19.6. The Bertz CT molecular complexity index is 1080.